The Morgan fingerprint density at radius 1 is 1.56 bits per heavy atom. The van der Waals surface area contributed by atoms with Crippen LogP contribution < -0.4 is 5.32 Å². The fraction of sp³-hybridized carbons (Fsp3) is 0.417. The van der Waals surface area contributed by atoms with E-state index in [0.29, 0.717) is 11.5 Å². The summed E-state index contributed by atoms with van der Waals surface area (Å²) in [6, 6.07) is 4.68. The highest BCUT2D eigenvalue weighted by atomic mass is 35.5. The molecular weight excluding hydrogens is 226 g/mol. The van der Waals surface area contributed by atoms with Crippen LogP contribution in [0.1, 0.15) is 30.1 Å². The molecule has 1 aliphatic carbocycles. The van der Waals surface area contributed by atoms with Crippen LogP contribution in [0, 0.1) is 5.92 Å². The molecule has 0 bridgehead atoms. The zero-order valence-electron chi connectivity index (χ0n) is 9.03. The molecule has 3 nitrogen and oxygen atoms in total. The SMILES string of the molecule is CC(NC(=O)c1ccc(O)c(Cl)c1)C1CC1. The molecule has 0 saturated heterocycles. The molecular formula is C12H14ClNO2. The lowest BCUT2D eigenvalue weighted by atomic mass is 10.1. The monoisotopic (exact) mass is 239 g/mol. The van der Waals surface area contributed by atoms with Crippen LogP contribution in [0.2, 0.25) is 5.02 Å². The van der Waals surface area contributed by atoms with Gasteiger partial charge in [-0.2, -0.15) is 0 Å². The summed E-state index contributed by atoms with van der Waals surface area (Å²) in [5.74, 6) is 0.478. The Morgan fingerprint density at radius 3 is 2.81 bits per heavy atom. The van der Waals surface area contributed by atoms with Gasteiger partial charge in [-0.1, -0.05) is 11.6 Å². The topological polar surface area (TPSA) is 49.3 Å². The summed E-state index contributed by atoms with van der Waals surface area (Å²) >= 11 is 5.74. The number of phenols is 1. The van der Waals surface area contributed by atoms with Crippen molar-refractivity contribution in [1.82, 2.24) is 5.32 Å². The van der Waals surface area contributed by atoms with Crippen LogP contribution in [0.5, 0.6) is 5.75 Å². The van der Waals surface area contributed by atoms with Gasteiger partial charge in [-0.25, -0.2) is 0 Å². The average molecular weight is 240 g/mol. The fourth-order valence-corrected chi connectivity index (χ4v) is 1.83. The summed E-state index contributed by atoms with van der Waals surface area (Å²) in [6.07, 6.45) is 2.38. The van der Waals surface area contributed by atoms with Crippen molar-refractivity contribution >= 4 is 17.5 Å². The zero-order valence-corrected chi connectivity index (χ0v) is 9.79. The predicted octanol–water partition coefficient (Wildman–Crippen LogP) is 2.57. The Kier molecular flexibility index (Phi) is 3.06. The van der Waals surface area contributed by atoms with Crippen LogP contribution in [-0.4, -0.2) is 17.1 Å². The van der Waals surface area contributed by atoms with Crippen LogP contribution in [0.25, 0.3) is 0 Å². The Labute approximate surface area is 99.4 Å². The smallest absolute Gasteiger partial charge is 0.251 e. The van der Waals surface area contributed by atoms with Crippen LogP contribution >= 0.6 is 11.6 Å². The lowest BCUT2D eigenvalue weighted by Gasteiger charge is -2.12. The highest BCUT2D eigenvalue weighted by molar-refractivity contribution is 6.32. The molecule has 1 amide bonds. The molecule has 4 heteroatoms. The first-order chi connectivity index (χ1) is 7.58. The van der Waals surface area contributed by atoms with Gasteiger partial charge in [0.2, 0.25) is 0 Å². The van der Waals surface area contributed by atoms with E-state index in [-0.39, 0.29) is 22.7 Å². The molecule has 16 heavy (non-hydrogen) atoms. The Bertz CT molecular complexity index is 415. The number of carbonyl (C=O) groups is 1. The molecule has 1 aromatic rings. The van der Waals surface area contributed by atoms with Crippen molar-refractivity contribution in [1.29, 1.82) is 0 Å². The number of hydrogen-bond donors (Lipinski definition) is 2. The maximum atomic E-state index is 11.8. The predicted molar refractivity (Wildman–Crippen MR) is 62.8 cm³/mol. The van der Waals surface area contributed by atoms with Gasteiger partial charge >= 0.3 is 0 Å². The Balaban J connectivity index is 2.05. The van der Waals surface area contributed by atoms with E-state index in [4.69, 9.17) is 11.6 Å². The van der Waals surface area contributed by atoms with E-state index in [9.17, 15) is 9.90 Å². The van der Waals surface area contributed by atoms with Gasteiger partial charge in [0.15, 0.2) is 0 Å². The number of amides is 1. The van der Waals surface area contributed by atoms with Gasteiger partial charge in [0, 0.05) is 11.6 Å². The van der Waals surface area contributed by atoms with Crippen LogP contribution in [0.4, 0.5) is 0 Å². The minimum atomic E-state index is -0.138. The van der Waals surface area contributed by atoms with Gasteiger partial charge in [-0.3, -0.25) is 4.79 Å². The molecule has 0 heterocycles. The van der Waals surface area contributed by atoms with E-state index in [1.54, 1.807) is 6.07 Å². The van der Waals surface area contributed by atoms with E-state index in [0.717, 1.165) is 0 Å². The van der Waals surface area contributed by atoms with Gasteiger partial charge in [0.05, 0.1) is 5.02 Å². The van der Waals surface area contributed by atoms with Crippen molar-refractivity contribution in [2.24, 2.45) is 5.92 Å². The van der Waals surface area contributed by atoms with E-state index in [1.807, 2.05) is 6.92 Å². The Hall–Kier alpha value is -1.22. The van der Waals surface area contributed by atoms with Gasteiger partial charge in [0.1, 0.15) is 5.75 Å². The second kappa shape index (κ2) is 4.34. The van der Waals surface area contributed by atoms with Crippen molar-refractivity contribution in [2.75, 3.05) is 0 Å². The molecule has 2 rings (SSSR count). The first kappa shape index (κ1) is 11.3. The number of aromatic hydroxyl groups is 1. The molecule has 2 N–H and O–H groups in total. The van der Waals surface area contributed by atoms with E-state index < -0.39 is 0 Å². The first-order valence-corrected chi connectivity index (χ1v) is 5.75. The molecule has 1 atom stereocenters. The van der Waals surface area contributed by atoms with E-state index >= 15 is 0 Å². The van der Waals surface area contributed by atoms with Crippen molar-refractivity contribution in [3.05, 3.63) is 28.8 Å². The molecule has 86 valence electrons. The molecule has 0 aromatic heterocycles. The third kappa shape index (κ3) is 2.47. The van der Waals surface area contributed by atoms with Crippen LogP contribution in [-0.2, 0) is 0 Å². The number of halogens is 1. The highest BCUT2D eigenvalue weighted by Crippen LogP contribution is 2.32. The van der Waals surface area contributed by atoms with Crippen LogP contribution in [0.15, 0.2) is 18.2 Å². The van der Waals surface area contributed by atoms with Gasteiger partial charge in [-0.05, 0) is 43.9 Å². The molecule has 1 saturated carbocycles. The van der Waals surface area contributed by atoms with Gasteiger partial charge in [0.25, 0.3) is 5.91 Å². The van der Waals surface area contributed by atoms with Gasteiger partial charge in [-0.15, -0.1) is 0 Å². The standard InChI is InChI=1S/C12H14ClNO2/c1-7(8-2-3-8)14-12(16)9-4-5-11(15)10(13)6-9/h4-8,15H,2-3H2,1H3,(H,14,16). The third-order valence-corrected chi connectivity index (χ3v) is 3.20. The fourth-order valence-electron chi connectivity index (χ4n) is 1.65. The summed E-state index contributed by atoms with van der Waals surface area (Å²) in [5.41, 5.74) is 0.482. The van der Waals surface area contributed by atoms with E-state index in [2.05, 4.69) is 5.32 Å². The Morgan fingerprint density at radius 2 is 2.25 bits per heavy atom. The number of benzene rings is 1. The lowest BCUT2D eigenvalue weighted by molar-refractivity contribution is 0.0936. The molecule has 1 unspecified atom stereocenters. The lowest BCUT2D eigenvalue weighted by Crippen LogP contribution is -2.33. The summed E-state index contributed by atoms with van der Waals surface area (Å²) in [4.78, 5) is 11.8. The average Bonchev–Trinajstić information content (AvgIpc) is 3.05. The summed E-state index contributed by atoms with van der Waals surface area (Å²) < 4.78 is 0. The van der Waals surface area contributed by atoms with Crippen molar-refractivity contribution in [3.8, 4) is 5.75 Å². The molecule has 1 aromatic carbocycles. The molecule has 1 aliphatic rings. The van der Waals surface area contributed by atoms with Crippen molar-refractivity contribution in [3.63, 3.8) is 0 Å². The van der Waals surface area contributed by atoms with Crippen molar-refractivity contribution in [2.45, 2.75) is 25.8 Å². The first-order valence-electron chi connectivity index (χ1n) is 5.37. The summed E-state index contributed by atoms with van der Waals surface area (Å²) in [6.45, 7) is 2.01. The molecule has 0 spiro atoms. The second-order valence-corrected chi connectivity index (χ2v) is 4.67. The number of carbonyl (C=O) groups excluding carboxylic acids is 1. The number of hydrogen-bond acceptors (Lipinski definition) is 2. The molecule has 0 radical (unpaired) electrons. The second-order valence-electron chi connectivity index (χ2n) is 4.27. The molecule has 0 aliphatic heterocycles. The highest BCUT2D eigenvalue weighted by Gasteiger charge is 2.29. The zero-order chi connectivity index (χ0) is 11.7. The van der Waals surface area contributed by atoms with Gasteiger partial charge < -0.3 is 10.4 Å². The third-order valence-electron chi connectivity index (χ3n) is 2.90. The molecule has 1 fully saturated rings. The number of phenolic OH excluding ortho intramolecular Hbond substituents is 1. The summed E-state index contributed by atoms with van der Waals surface area (Å²) in [7, 11) is 0. The minimum Gasteiger partial charge on any atom is -0.506 e. The maximum Gasteiger partial charge on any atom is 0.251 e. The normalized spacial score (nSPS) is 16.9. The number of nitrogens with one attached hydrogen (secondary N) is 1. The largest absolute Gasteiger partial charge is 0.506 e. The van der Waals surface area contributed by atoms with E-state index in [1.165, 1.54) is 25.0 Å². The maximum absolute atomic E-state index is 11.8. The summed E-state index contributed by atoms with van der Waals surface area (Å²) in [5, 5.41) is 12.4. The van der Waals surface area contributed by atoms with Crippen LogP contribution in [0.3, 0.4) is 0 Å². The minimum absolute atomic E-state index is 0.00606. The quantitative estimate of drug-likeness (QED) is 0.852. The van der Waals surface area contributed by atoms with Crippen molar-refractivity contribution < 1.29 is 9.90 Å². The number of rotatable bonds is 3.